The topological polar surface area (TPSA) is 75.7 Å². The minimum absolute atomic E-state index is 0.185. The first-order valence-electron chi connectivity index (χ1n) is 10.9. The Balaban J connectivity index is 1.39. The van der Waals surface area contributed by atoms with E-state index in [1.165, 1.54) is 19.3 Å². The minimum atomic E-state index is -0.525. The summed E-state index contributed by atoms with van der Waals surface area (Å²) in [6.07, 6.45) is 8.35. The Bertz CT molecular complexity index is 631. The Morgan fingerprint density at radius 1 is 1.04 bits per heavy atom. The Labute approximate surface area is 167 Å². The number of esters is 1. The van der Waals surface area contributed by atoms with Gasteiger partial charge in [0.1, 0.15) is 6.04 Å². The van der Waals surface area contributed by atoms with Gasteiger partial charge in [0, 0.05) is 12.1 Å². The predicted molar refractivity (Wildman–Crippen MR) is 104 cm³/mol. The molecular formula is C22H34N2O4. The maximum absolute atomic E-state index is 13.6. The third-order valence-electron chi connectivity index (χ3n) is 7.14. The Kier molecular flexibility index (Phi) is 4.95. The lowest BCUT2D eigenvalue weighted by Crippen LogP contribution is -2.56. The average Bonchev–Trinajstić information content (AvgIpc) is 3.06. The molecule has 1 saturated heterocycles. The fraction of sp³-hybridized carbons (Fsp3) is 0.864. The molecule has 2 amide bonds. The van der Waals surface area contributed by atoms with Gasteiger partial charge in [-0.1, -0.05) is 0 Å². The fourth-order valence-corrected chi connectivity index (χ4v) is 6.62. The maximum Gasteiger partial charge on any atom is 0.329 e. The van der Waals surface area contributed by atoms with E-state index in [9.17, 15) is 14.4 Å². The molecule has 0 radical (unpaired) electrons. The van der Waals surface area contributed by atoms with Crippen molar-refractivity contribution in [2.24, 2.45) is 23.2 Å². The molecule has 0 unspecified atom stereocenters. The van der Waals surface area contributed by atoms with Crippen LogP contribution in [-0.4, -0.2) is 47.4 Å². The van der Waals surface area contributed by atoms with Crippen LogP contribution in [0.25, 0.3) is 0 Å². The van der Waals surface area contributed by atoms with E-state index < -0.39 is 12.0 Å². The summed E-state index contributed by atoms with van der Waals surface area (Å²) in [5.74, 6) is 1.54. The number of carbonyl (C=O) groups excluding carboxylic acids is 3. The summed E-state index contributed by atoms with van der Waals surface area (Å²) in [5, 5.41) is 2.79. The molecule has 28 heavy (non-hydrogen) atoms. The lowest BCUT2D eigenvalue weighted by molar-refractivity contribution is -0.166. The maximum atomic E-state index is 13.6. The van der Waals surface area contributed by atoms with Crippen molar-refractivity contribution in [2.75, 3.05) is 13.2 Å². The summed E-state index contributed by atoms with van der Waals surface area (Å²) < 4.78 is 5.29. The summed E-state index contributed by atoms with van der Waals surface area (Å²) >= 11 is 0. The molecule has 4 saturated carbocycles. The summed E-state index contributed by atoms with van der Waals surface area (Å²) in [7, 11) is 0. The second-order valence-corrected chi connectivity index (χ2v) is 10.8. The molecule has 156 valence electrons. The highest BCUT2D eigenvalue weighted by molar-refractivity contribution is 5.90. The lowest BCUT2D eigenvalue weighted by atomic mass is 9.49. The molecule has 4 aliphatic carbocycles. The van der Waals surface area contributed by atoms with E-state index >= 15 is 0 Å². The first-order chi connectivity index (χ1) is 13.2. The molecule has 6 nitrogen and oxygen atoms in total. The molecule has 0 spiro atoms. The van der Waals surface area contributed by atoms with Crippen LogP contribution in [0.3, 0.4) is 0 Å². The van der Waals surface area contributed by atoms with Crippen LogP contribution in [0.1, 0.15) is 72.1 Å². The van der Waals surface area contributed by atoms with Crippen molar-refractivity contribution in [1.29, 1.82) is 0 Å². The Morgan fingerprint density at radius 3 is 2.14 bits per heavy atom. The van der Waals surface area contributed by atoms with Crippen LogP contribution in [0.5, 0.6) is 0 Å². The van der Waals surface area contributed by atoms with Gasteiger partial charge >= 0.3 is 5.97 Å². The number of hydrogen-bond acceptors (Lipinski definition) is 4. The third-order valence-corrected chi connectivity index (χ3v) is 7.14. The van der Waals surface area contributed by atoms with Gasteiger partial charge in [-0.25, -0.2) is 4.79 Å². The lowest BCUT2D eigenvalue weighted by Gasteiger charge is -2.56. The van der Waals surface area contributed by atoms with E-state index in [0.29, 0.717) is 30.7 Å². The third kappa shape index (κ3) is 3.79. The fourth-order valence-electron chi connectivity index (χ4n) is 6.62. The van der Waals surface area contributed by atoms with Crippen molar-refractivity contribution in [3.63, 3.8) is 0 Å². The Hall–Kier alpha value is -1.59. The van der Waals surface area contributed by atoms with Gasteiger partial charge in [0.2, 0.25) is 5.91 Å². The molecule has 5 aliphatic rings. The largest absolute Gasteiger partial charge is 0.454 e. The average molecular weight is 391 g/mol. The van der Waals surface area contributed by atoms with Crippen molar-refractivity contribution in [2.45, 2.75) is 83.7 Å². The molecule has 1 N–H and O–H groups in total. The van der Waals surface area contributed by atoms with E-state index in [4.69, 9.17) is 4.74 Å². The second kappa shape index (κ2) is 7.03. The van der Waals surface area contributed by atoms with Gasteiger partial charge in [-0.15, -0.1) is 0 Å². The quantitative estimate of drug-likeness (QED) is 0.749. The van der Waals surface area contributed by atoms with Crippen LogP contribution in [-0.2, 0) is 19.1 Å². The van der Waals surface area contributed by atoms with Crippen LogP contribution in [0, 0.1) is 23.2 Å². The zero-order valence-electron chi connectivity index (χ0n) is 17.5. The monoisotopic (exact) mass is 390 g/mol. The van der Waals surface area contributed by atoms with Crippen LogP contribution in [0.4, 0.5) is 0 Å². The van der Waals surface area contributed by atoms with E-state index in [1.54, 1.807) is 4.90 Å². The second-order valence-electron chi connectivity index (χ2n) is 10.8. The van der Waals surface area contributed by atoms with E-state index in [2.05, 4.69) is 5.32 Å². The van der Waals surface area contributed by atoms with Crippen molar-refractivity contribution in [3.05, 3.63) is 0 Å². The van der Waals surface area contributed by atoms with Crippen LogP contribution in [0.2, 0.25) is 0 Å². The normalized spacial score (nSPS) is 36.5. The molecule has 5 fully saturated rings. The van der Waals surface area contributed by atoms with Gasteiger partial charge in [-0.05, 0) is 89.9 Å². The first-order valence-corrected chi connectivity index (χ1v) is 10.9. The van der Waals surface area contributed by atoms with Crippen molar-refractivity contribution >= 4 is 17.8 Å². The SMILES string of the molecule is CC(C)(C)NC(=O)COC(=O)[C@H]1CCCN1C(=O)C12CC3CC(CC(C3)C1)C2. The van der Waals surface area contributed by atoms with Gasteiger partial charge in [-0.3, -0.25) is 9.59 Å². The zero-order valence-corrected chi connectivity index (χ0v) is 17.5. The molecule has 0 aromatic carbocycles. The number of carbonyl (C=O) groups is 3. The summed E-state index contributed by atoms with van der Waals surface area (Å²) in [6, 6.07) is -0.525. The highest BCUT2D eigenvalue weighted by Gasteiger charge is 2.57. The summed E-state index contributed by atoms with van der Waals surface area (Å²) in [4.78, 5) is 40.0. The van der Waals surface area contributed by atoms with Gasteiger partial charge in [0.15, 0.2) is 6.61 Å². The number of ether oxygens (including phenoxy) is 1. The van der Waals surface area contributed by atoms with Crippen LogP contribution in [0.15, 0.2) is 0 Å². The van der Waals surface area contributed by atoms with Gasteiger partial charge in [-0.2, -0.15) is 0 Å². The molecular weight excluding hydrogens is 356 g/mol. The predicted octanol–water partition coefficient (Wildman–Crippen LogP) is 2.65. The molecule has 5 rings (SSSR count). The molecule has 1 atom stereocenters. The van der Waals surface area contributed by atoms with E-state index in [0.717, 1.165) is 25.7 Å². The molecule has 0 aromatic rings. The van der Waals surface area contributed by atoms with Crippen molar-refractivity contribution < 1.29 is 19.1 Å². The van der Waals surface area contributed by atoms with E-state index in [1.807, 2.05) is 20.8 Å². The van der Waals surface area contributed by atoms with Gasteiger partial charge in [0.25, 0.3) is 5.91 Å². The number of nitrogens with one attached hydrogen (secondary N) is 1. The summed E-state index contributed by atoms with van der Waals surface area (Å²) in [6.45, 7) is 6.00. The van der Waals surface area contributed by atoms with Crippen molar-refractivity contribution in [1.82, 2.24) is 10.2 Å². The highest BCUT2D eigenvalue weighted by Crippen LogP contribution is 2.60. The molecule has 1 aliphatic heterocycles. The van der Waals surface area contributed by atoms with Crippen LogP contribution < -0.4 is 5.32 Å². The Morgan fingerprint density at radius 2 is 1.61 bits per heavy atom. The summed E-state index contributed by atoms with van der Waals surface area (Å²) in [5.41, 5.74) is -0.599. The number of rotatable bonds is 4. The van der Waals surface area contributed by atoms with E-state index in [-0.39, 0.29) is 29.4 Å². The number of hydrogen-bond donors (Lipinski definition) is 1. The number of amides is 2. The van der Waals surface area contributed by atoms with Gasteiger partial charge < -0.3 is 15.0 Å². The standard InChI is InChI=1S/C22H34N2O4/c1-21(2,3)23-18(25)13-28-19(26)17-5-4-6-24(17)20(27)22-10-14-7-15(11-22)9-16(8-14)12-22/h14-17H,4-13H2,1-3H3,(H,23,25)/t14?,15?,16?,17-,22?/m1/s1. The number of likely N-dealkylation sites (tertiary alicyclic amines) is 1. The molecule has 4 bridgehead atoms. The zero-order chi connectivity index (χ0) is 20.1. The first kappa shape index (κ1) is 19.7. The van der Waals surface area contributed by atoms with Crippen molar-refractivity contribution in [3.8, 4) is 0 Å². The number of nitrogens with zero attached hydrogens (tertiary/aromatic N) is 1. The molecule has 6 heteroatoms. The van der Waals surface area contributed by atoms with Gasteiger partial charge in [0.05, 0.1) is 5.41 Å². The molecule has 0 aromatic heterocycles. The highest BCUT2D eigenvalue weighted by atomic mass is 16.5. The smallest absolute Gasteiger partial charge is 0.329 e. The minimum Gasteiger partial charge on any atom is -0.454 e. The molecule has 1 heterocycles. The van der Waals surface area contributed by atoms with Crippen LogP contribution >= 0.6 is 0 Å².